The highest BCUT2D eigenvalue weighted by Gasteiger charge is 2.34. The Morgan fingerprint density at radius 1 is 1.20 bits per heavy atom. The number of nitrogens with one attached hydrogen (secondary N) is 1. The molecule has 0 spiro atoms. The maximum absolute atomic E-state index is 13.6. The molecule has 4 rings (SSSR count). The quantitative estimate of drug-likeness (QED) is 0.445. The Labute approximate surface area is 217 Å². The maximum Gasteiger partial charge on any atom is 0.243 e. The summed E-state index contributed by atoms with van der Waals surface area (Å²) in [5, 5.41) is 7.42. The summed E-state index contributed by atoms with van der Waals surface area (Å²) in [7, 11) is -10.1. The van der Waals surface area contributed by atoms with Gasteiger partial charge in [0, 0.05) is 30.8 Å². The van der Waals surface area contributed by atoms with Crippen molar-refractivity contribution in [1.29, 1.82) is 0 Å². The molecule has 1 N–H and O–H groups in total. The maximum atomic E-state index is 13.6. The Morgan fingerprint density at radius 2 is 1.89 bits per heavy atom. The van der Waals surface area contributed by atoms with Crippen molar-refractivity contribution < 1.29 is 30.9 Å². The van der Waals surface area contributed by atoms with E-state index in [0.29, 0.717) is 18.1 Å². The average molecular weight is 529 g/mol. The van der Waals surface area contributed by atoms with Crippen LogP contribution in [0.15, 0.2) is 30.6 Å². The number of aromatic nitrogens is 5. The van der Waals surface area contributed by atoms with Crippen LogP contribution in [0.5, 0.6) is 11.5 Å². The lowest BCUT2D eigenvalue weighted by Crippen LogP contribution is -2.31. The van der Waals surface area contributed by atoms with Gasteiger partial charge in [-0.25, -0.2) is 18.4 Å². The molecule has 1 aromatic carbocycles. The van der Waals surface area contributed by atoms with Gasteiger partial charge in [0.1, 0.15) is 28.8 Å². The Bertz CT molecular complexity index is 1450. The van der Waals surface area contributed by atoms with Gasteiger partial charge in [0.15, 0.2) is 0 Å². The fourth-order valence-corrected chi connectivity index (χ4v) is 5.06. The summed E-state index contributed by atoms with van der Waals surface area (Å²) < 4.78 is 92.4. The Hall–Kier alpha value is -2.96. The van der Waals surface area contributed by atoms with Gasteiger partial charge in [-0.2, -0.15) is 0 Å². The molecule has 0 bridgehead atoms. The van der Waals surface area contributed by atoms with Crippen LogP contribution in [0.3, 0.4) is 0 Å². The molecule has 188 valence electrons. The van der Waals surface area contributed by atoms with E-state index in [1.54, 1.807) is 6.92 Å². The summed E-state index contributed by atoms with van der Waals surface area (Å²) in [5.41, 5.74) is -0.217. The number of sulfonamides is 1. The second-order valence-corrected chi connectivity index (χ2v) is 10.5. The van der Waals surface area contributed by atoms with Crippen molar-refractivity contribution in [1.82, 2.24) is 24.7 Å². The average Bonchev–Trinajstić information content (AvgIpc) is 3.52. The number of nitrogens with zero attached hydrogens (tertiary/aromatic N) is 5. The normalized spacial score (nSPS) is 20.9. The predicted molar refractivity (Wildman–Crippen MR) is 130 cm³/mol. The van der Waals surface area contributed by atoms with Gasteiger partial charge in [-0.05, 0) is 25.5 Å². The van der Waals surface area contributed by atoms with Gasteiger partial charge in [0.25, 0.3) is 0 Å². The van der Waals surface area contributed by atoms with E-state index in [2.05, 4.69) is 24.9 Å². The molecule has 3 atom stereocenters. The predicted octanol–water partition coefficient (Wildman–Crippen LogP) is 3.17. The van der Waals surface area contributed by atoms with Crippen molar-refractivity contribution in [3.63, 3.8) is 0 Å². The second-order valence-electron chi connectivity index (χ2n) is 7.99. The summed E-state index contributed by atoms with van der Waals surface area (Å²) >= 11 is 5.86. The number of methoxy groups -OCH3 is 2. The van der Waals surface area contributed by atoms with Crippen molar-refractivity contribution in [2.24, 2.45) is 0 Å². The minimum absolute atomic E-state index is 0.180. The highest BCUT2D eigenvalue weighted by Crippen LogP contribution is 2.38. The zero-order chi connectivity index (χ0) is 30.2. The van der Waals surface area contributed by atoms with E-state index in [1.165, 1.54) is 42.1 Å². The molecule has 1 fully saturated rings. The van der Waals surface area contributed by atoms with Crippen LogP contribution in [0.25, 0.3) is 5.69 Å². The first kappa shape index (κ1) is 18.3. The Balaban J connectivity index is 1.85. The lowest BCUT2D eigenvalue weighted by atomic mass is 10.1. The van der Waals surface area contributed by atoms with Gasteiger partial charge >= 0.3 is 0 Å². The number of hydrogen-bond acceptors (Lipinski definition) is 9. The standard InChI is InChI=1S/C22H27ClN6O5S/c1-13(20-24-10-16(23)11-25-20)14(2)35(30,31)28-22-27-26-21(15-8-9-34-12-15)29(22)19-17(32-3)6-5-7-18(19)33-4/h5-7,10-11,13-15H,8-9,12H2,1-4H3,(H,27,28)/t13?,14?,15-/m0/s1/i3D3,4D3. The first-order chi connectivity index (χ1) is 19.1. The van der Waals surface area contributed by atoms with Crippen LogP contribution in [0, 0.1) is 0 Å². The smallest absolute Gasteiger partial charge is 0.243 e. The number of benzene rings is 1. The van der Waals surface area contributed by atoms with Gasteiger partial charge in [0.05, 0.1) is 39.2 Å². The van der Waals surface area contributed by atoms with E-state index in [1.807, 2.05) is 0 Å². The third-order valence-corrected chi connectivity index (χ3v) is 7.91. The fraction of sp³-hybridized carbons (Fsp3) is 0.455. The molecule has 2 aromatic heterocycles. The summed E-state index contributed by atoms with van der Waals surface area (Å²) in [6.07, 6.45) is 3.20. The van der Waals surface area contributed by atoms with Crippen molar-refractivity contribution in [3.05, 3.63) is 47.3 Å². The first-order valence-corrected chi connectivity index (χ1v) is 12.5. The van der Waals surface area contributed by atoms with Crippen molar-refractivity contribution in [3.8, 4) is 17.2 Å². The monoisotopic (exact) mass is 528 g/mol. The Kier molecular flexibility index (Phi) is 5.42. The Morgan fingerprint density at radius 3 is 2.49 bits per heavy atom. The van der Waals surface area contributed by atoms with Crippen LogP contribution in [0.1, 0.15) is 52.0 Å². The van der Waals surface area contributed by atoms with Gasteiger partial charge in [-0.1, -0.05) is 24.6 Å². The number of hydrogen-bond donors (Lipinski definition) is 1. The van der Waals surface area contributed by atoms with Crippen LogP contribution < -0.4 is 14.2 Å². The van der Waals surface area contributed by atoms with Gasteiger partial charge in [0.2, 0.25) is 16.0 Å². The number of anilines is 1. The summed E-state index contributed by atoms with van der Waals surface area (Å²) in [4.78, 5) is 8.22. The lowest BCUT2D eigenvalue weighted by Gasteiger charge is -2.22. The molecule has 35 heavy (non-hydrogen) atoms. The highest BCUT2D eigenvalue weighted by molar-refractivity contribution is 7.93. The molecule has 1 aliphatic rings. The van der Waals surface area contributed by atoms with Crippen LogP contribution >= 0.6 is 11.6 Å². The molecule has 13 heteroatoms. The lowest BCUT2D eigenvalue weighted by molar-refractivity contribution is 0.193. The molecule has 0 amide bonds. The molecule has 11 nitrogen and oxygen atoms in total. The van der Waals surface area contributed by atoms with E-state index in [-0.39, 0.29) is 47.3 Å². The zero-order valence-electron chi connectivity index (χ0n) is 24.8. The number of ether oxygens (including phenoxy) is 3. The van der Waals surface area contributed by atoms with Crippen LogP contribution in [-0.4, -0.2) is 65.7 Å². The van der Waals surface area contributed by atoms with Gasteiger partial charge in [-0.15, -0.1) is 10.2 Å². The topological polar surface area (TPSA) is 130 Å². The minimum Gasteiger partial charge on any atom is -0.494 e. The molecule has 3 aromatic rings. The highest BCUT2D eigenvalue weighted by atomic mass is 35.5. The van der Waals surface area contributed by atoms with E-state index in [4.69, 9.17) is 34.0 Å². The molecule has 3 heterocycles. The van der Waals surface area contributed by atoms with Crippen molar-refractivity contribution >= 4 is 27.6 Å². The van der Waals surface area contributed by atoms with E-state index < -0.39 is 35.3 Å². The SMILES string of the molecule is [2H]C([2H])([2H])Oc1cccc(OC([2H])([2H])[2H])c1-n1c(NS(=O)(=O)C(C)C(C)c2ncc(Cl)cn2)nnc1[C@H]1CCOC1. The molecule has 2 unspecified atom stereocenters. The summed E-state index contributed by atoms with van der Waals surface area (Å²) in [6, 6.07) is 3.90. The number of rotatable bonds is 9. The molecule has 0 saturated carbocycles. The molecule has 0 aliphatic carbocycles. The van der Waals surface area contributed by atoms with Crippen molar-refractivity contribution in [2.75, 3.05) is 32.0 Å². The molecule has 1 saturated heterocycles. The first-order valence-electron chi connectivity index (χ1n) is 13.6. The third-order valence-electron chi connectivity index (χ3n) is 5.86. The van der Waals surface area contributed by atoms with Gasteiger partial charge in [-0.3, -0.25) is 9.29 Å². The summed E-state index contributed by atoms with van der Waals surface area (Å²) in [5.74, 6) is -1.64. The minimum atomic E-state index is -4.23. The van der Waals surface area contributed by atoms with Crippen molar-refractivity contribution in [2.45, 2.75) is 37.4 Å². The third kappa shape index (κ3) is 5.04. The molecular formula is C22H27ClN6O5S. The molecule has 1 aliphatic heterocycles. The van der Waals surface area contributed by atoms with E-state index in [0.717, 1.165) is 0 Å². The van der Waals surface area contributed by atoms with Crippen LogP contribution in [0.2, 0.25) is 5.02 Å². The fourth-order valence-electron chi connectivity index (χ4n) is 3.73. The molecular weight excluding hydrogens is 496 g/mol. The zero-order valence-corrected chi connectivity index (χ0v) is 20.4. The summed E-state index contributed by atoms with van der Waals surface area (Å²) in [6.45, 7) is 3.68. The second kappa shape index (κ2) is 10.3. The number of halogens is 1. The molecule has 0 radical (unpaired) electrons. The largest absolute Gasteiger partial charge is 0.494 e. The van der Waals surface area contributed by atoms with E-state index >= 15 is 0 Å². The van der Waals surface area contributed by atoms with E-state index in [9.17, 15) is 8.42 Å². The van der Waals surface area contributed by atoms with Crippen LogP contribution in [0.4, 0.5) is 5.95 Å². The van der Waals surface area contributed by atoms with Crippen LogP contribution in [-0.2, 0) is 14.8 Å². The number of para-hydroxylation sites is 1. The van der Waals surface area contributed by atoms with Gasteiger partial charge < -0.3 is 14.2 Å².